The number of hydrogen-bond acceptors (Lipinski definition) is 8. The summed E-state index contributed by atoms with van der Waals surface area (Å²) in [5, 5.41) is 18.2. The van der Waals surface area contributed by atoms with Crippen LogP contribution in [-0.4, -0.2) is 59.3 Å². The van der Waals surface area contributed by atoms with Gasteiger partial charge in [0, 0.05) is 42.1 Å². The van der Waals surface area contributed by atoms with Gasteiger partial charge in [0.25, 0.3) is 0 Å². The van der Waals surface area contributed by atoms with Gasteiger partial charge in [-0.15, -0.1) is 5.10 Å². The second kappa shape index (κ2) is 10.4. The number of aryl methyl sites for hydroxylation is 3. The van der Waals surface area contributed by atoms with Gasteiger partial charge in [0.2, 0.25) is 23.0 Å². The van der Waals surface area contributed by atoms with Crippen molar-refractivity contribution in [3.8, 4) is 0 Å². The first kappa shape index (κ1) is 23.3. The molecule has 0 aliphatic heterocycles. The lowest BCUT2D eigenvalue weighted by Gasteiger charge is -2.11. The molecule has 34 heavy (non-hydrogen) atoms. The monoisotopic (exact) mass is 482 g/mol. The topological polar surface area (TPSA) is 139 Å². The quantitative estimate of drug-likeness (QED) is 0.207. The molecule has 4 rings (SSSR count). The molecule has 3 N–H and O–H groups in total. The second-order valence-corrected chi connectivity index (χ2v) is 8.45. The number of hydrogen-bond donors (Lipinski definition) is 3. The van der Waals surface area contributed by atoms with Crippen molar-refractivity contribution in [1.29, 1.82) is 0 Å². The molecule has 1 amide bonds. The van der Waals surface area contributed by atoms with Gasteiger partial charge in [-0.3, -0.25) is 20.4 Å². The van der Waals surface area contributed by atoms with Crippen molar-refractivity contribution in [1.82, 2.24) is 40.5 Å². The fourth-order valence-corrected chi connectivity index (χ4v) is 3.94. The molecule has 0 atom stereocenters. The summed E-state index contributed by atoms with van der Waals surface area (Å²) in [4.78, 5) is 28.9. The van der Waals surface area contributed by atoms with Crippen molar-refractivity contribution in [3.63, 3.8) is 0 Å². The number of amides is 1. The number of benzene rings is 1. The summed E-state index contributed by atoms with van der Waals surface area (Å²) in [5.74, 6) is 0.0464. The summed E-state index contributed by atoms with van der Waals surface area (Å²) in [6, 6.07) is 6.46. The number of guanidine groups is 1. The second-order valence-electron chi connectivity index (χ2n) is 7.51. The van der Waals surface area contributed by atoms with Crippen molar-refractivity contribution in [2.75, 3.05) is 17.6 Å². The van der Waals surface area contributed by atoms with E-state index in [2.05, 4.69) is 46.1 Å². The van der Waals surface area contributed by atoms with E-state index in [1.54, 1.807) is 13.1 Å². The maximum absolute atomic E-state index is 13.7. The number of nitrogens with zero attached hydrogens (tertiary/aromatic N) is 7. The van der Waals surface area contributed by atoms with E-state index < -0.39 is 0 Å². The van der Waals surface area contributed by atoms with Crippen LogP contribution in [0.2, 0.25) is 0 Å². The summed E-state index contributed by atoms with van der Waals surface area (Å²) < 4.78 is 15.2. The van der Waals surface area contributed by atoms with Crippen molar-refractivity contribution >= 4 is 40.5 Å². The van der Waals surface area contributed by atoms with Gasteiger partial charge in [-0.05, 0) is 60.5 Å². The molecular weight excluding hydrogens is 459 g/mol. The molecule has 0 aliphatic carbocycles. The van der Waals surface area contributed by atoms with Gasteiger partial charge in [-0.1, -0.05) is 11.8 Å². The highest BCUT2D eigenvalue weighted by Crippen LogP contribution is 2.20. The summed E-state index contributed by atoms with van der Waals surface area (Å²) in [7, 11) is 1.70. The number of nitrogens with one attached hydrogen (secondary N) is 3. The van der Waals surface area contributed by atoms with Gasteiger partial charge in [0.1, 0.15) is 5.82 Å². The zero-order valence-corrected chi connectivity index (χ0v) is 19.6. The molecule has 11 nitrogen and oxygen atoms in total. The van der Waals surface area contributed by atoms with Crippen LogP contribution in [-0.2, 0) is 18.3 Å². The minimum Gasteiger partial charge on any atom is -0.361 e. The number of aromatic amines is 1. The lowest BCUT2D eigenvalue weighted by Crippen LogP contribution is -2.38. The number of H-pyrrole nitrogens is 1. The number of aromatic nitrogens is 7. The highest BCUT2D eigenvalue weighted by Gasteiger charge is 2.12. The zero-order valence-electron chi connectivity index (χ0n) is 18.8. The Bertz CT molecular complexity index is 1330. The van der Waals surface area contributed by atoms with Crippen LogP contribution in [0.3, 0.4) is 0 Å². The Kier molecular flexibility index (Phi) is 7.11. The minimum absolute atomic E-state index is 0.0876. The Balaban J connectivity index is 1.47. The van der Waals surface area contributed by atoms with E-state index in [0.29, 0.717) is 24.1 Å². The van der Waals surface area contributed by atoms with Gasteiger partial charge in [0.15, 0.2) is 0 Å². The highest BCUT2D eigenvalue weighted by molar-refractivity contribution is 7.99. The molecule has 0 aliphatic rings. The minimum atomic E-state index is -0.297. The Labute approximate surface area is 198 Å². The van der Waals surface area contributed by atoms with Crippen LogP contribution >= 0.6 is 11.8 Å². The number of carbonyl (C=O) groups excluding carboxylic acids is 1. The Morgan fingerprint density at radius 2 is 2.03 bits per heavy atom. The van der Waals surface area contributed by atoms with Gasteiger partial charge < -0.3 is 4.98 Å². The SMILES string of the molecule is Cc1cc(C)nc(NC(=NCCc2c[nH]c3ccc(F)cc23)NC(=O)CSc2nnnn2C)n1. The van der Waals surface area contributed by atoms with Crippen molar-refractivity contribution in [3.05, 3.63) is 53.2 Å². The molecule has 0 saturated heterocycles. The van der Waals surface area contributed by atoms with Gasteiger partial charge in [-0.2, -0.15) is 0 Å². The first-order valence-electron chi connectivity index (χ1n) is 10.4. The van der Waals surface area contributed by atoms with Crippen LogP contribution in [0.4, 0.5) is 10.3 Å². The maximum Gasteiger partial charge on any atom is 0.237 e. The normalized spacial score (nSPS) is 11.7. The molecule has 1 aromatic carbocycles. The molecule has 0 unspecified atom stereocenters. The van der Waals surface area contributed by atoms with Crippen molar-refractivity contribution in [2.24, 2.45) is 12.0 Å². The van der Waals surface area contributed by atoms with Crippen molar-refractivity contribution in [2.45, 2.75) is 25.4 Å². The van der Waals surface area contributed by atoms with Crippen LogP contribution in [0.15, 0.2) is 40.6 Å². The molecule has 0 bridgehead atoms. The summed E-state index contributed by atoms with van der Waals surface area (Å²) in [6.07, 6.45) is 2.38. The number of rotatable bonds is 7. The first-order chi connectivity index (χ1) is 16.4. The van der Waals surface area contributed by atoms with Crippen LogP contribution < -0.4 is 10.6 Å². The van der Waals surface area contributed by atoms with E-state index in [4.69, 9.17) is 0 Å². The fourth-order valence-electron chi connectivity index (χ4n) is 3.29. The number of anilines is 1. The Hall–Kier alpha value is -3.87. The van der Waals surface area contributed by atoms with E-state index in [9.17, 15) is 9.18 Å². The van der Waals surface area contributed by atoms with Crippen molar-refractivity contribution < 1.29 is 9.18 Å². The number of thioether (sulfide) groups is 1. The number of fused-ring (bicyclic) bond motifs is 1. The largest absolute Gasteiger partial charge is 0.361 e. The van der Waals surface area contributed by atoms with Gasteiger partial charge in [-0.25, -0.2) is 19.0 Å². The van der Waals surface area contributed by atoms with E-state index in [0.717, 1.165) is 27.9 Å². The highest BCUT2D eigenvalue weighted by atomic mass is 32.2. The lowest BCUT2D eigenvalue weighted by molar-refractivity contribution is -0.117. The number of aliphatic imine (C=N–C) groups is 1. The molecule has 0 fully saturated rings. The first-order valence-corrected chi connectivity index (χ1v) is 11.4. The smallest absolute Gasteiger partial charge is 0.237 e. The molecule has 0 spiro atoms. The number of carbonyl (C=O) groups is 1. The molecular formula is C21H23FN10OS. The zero-order chi connectivity index (χ0) is 24.1. The molecule has 0 radical (unpaired) electrons. The molecule has 176 valence electrons. The third-order valence-electron chi connectivity index (χ3n) is 4.76. The molecule has 3 heterocycles. The fraction of sp³-hybridized carbons (Fsp3) is 0.286. The lowest BCUT2D eigenvalue weighted by atomic mass is 10.1. The summed E-state index contributed by atoms with van der Waals surface area (Å²) in [6.45, 7) is 4.06. The van der Waals surface area contributed by atoms with Crippen LogP contribution in [0, 0.1) is 19.7 Å². The van der Waals surface area contributed by atoms with Crippen LogP contribution in [0.5, 0.6) is 0 Å². The Morgan fingerprint density at radius 3 is 2.76 bits per heavy atom. The van der Waals surface area contributed by atoms with Crippen LogP contribution in [0.25, 0.3) is 10.9 Å². The van der Waals surface area contributed by atoms with Crippen LogP contribution in [0.1, 0.15) is 17.0 Å². The van der Waals surface area contributed by atoms with E-state index in [1.807, 2.05) is 26.1 Å². The molecule has 4 aromatic rings. The van der Waals surface area contributed by atoms with Gasteiger partial charge >= 0.3 is 0 Å². The Morgan fingerprint density at radius 1 is 1.24 bits per heavy atom. The number of tetrazole rings is 1. The maximum atomic E-state index is 13.7. The molecule has 13 heteroatoms. The van der Waals surface area contributed by atoms with E-state index in [-0.39, 0.29) is 23.4 Å². The van der Waals surface area contributed by atoms with Gasteiger partial charge in [0.05, 0.1) is 5.75 Å². The van der Waals surface area contributed by atoms with E-state index >= 15 is 0 Å². The average Bonchev–Trinajstić information content (AvgIpc) is 3.37. The average molecular weight is 483 g/mol. The standard InChI is InChI=1S/C21H23FN10OS/c1-12-8-13(2)26-20(25-12)28-19(27-18(33)11-34-21-29-30-31-32(21)3)23-7-6-14-10-24-17-5-4-15(22)9-16(14)17/h4-5,8-10,24H,6-7,11H2,1-3H3,(H2,23,25,26,27,28,33). The third-order valence-corrected chi connectivity index (χ3v) is 5.78. The summed E-state index contributed by atoms with van der Waals surface area (Å²) in [5.41, 5.74) is 3.35. The number of halogens is 1. The molecule has 0 saturated carbocycles. The molecule has 3 aromatic heterocycles. The summed E-state index contributed by atoms with van der Waals surface area (Å²) >= 11 is 1.20. The predicted octanol–water partition coefficient (Wildman–Crippen LogP) is 2.16. The predicted molar refractivity (Wildman–Crippen MR) is 127 cm³/mol. The van der Waals surface area contributed by atoms with E-state index in [1.165, 1.54) is 28.6 Å². The third kappa shape index (κ3) is 5.92.